The molecule has 2 aromatic rings. The average molecular weight is 479 g/mol. The molecule has 1 unspecified atom stereocenters. The molecule has 0 fully saturated rings. The highest BCUT2D eigenvalue weighted by Crippen LogP contribution is 2.26. The zero-order valence-corrected chi connectivity index (χ0v) is 21.1. The van der Waals surface area contributed by atoms with E-state index in [0.717, 1.165) is 35.1 Å². The molecule has 188 valence electrons. The highest BCUT2D eigenvalue weighted by Gasteiger charge is 2.22. The number of ether oxygens (including phenoxy) is 2. The highest BCUT2D eigenvalue weighted by molar-refractivity contribution is 5.67. The van der Waals surface area contributed by atoms with Gasteiger partial charge in [-0.3, -0.25) is 0 Å². The zero-order chi connectivity index (χ0) is 25.7. The van der Waals surface area contributed by atoms with Crippen LogP contribution in [0.4, 0.5) is 9.59 Å². The van der Waals surface area contributed by atoms with Gasteiger partial charge in [-0.2, -0.15) is 0 Å². The van der Waals surface area contributed by atoms with Crippen molar-refractivity contribution in [3.8, 4) is 0 Å². The summed E-state index contributed by atoms with van der Waals surface area (Å²) in [4.78, 5) is 24.1. The molecular weight excluding hydrogens is 440 g/mol. The fourth-order valence-corrected chi connectivity index (χ4v) is 3.75. The molecule has 0 saturated carbocycles. The number of amides is 2. The van der Waals surface area contributed by atoms with Crippen molar-refractivity contribution < 1.29 is 19.1 Å². The minimum absolute atomic E-state index is 0.109. The third-order valence-electron chi connectivity index (χ3n) is 5.69. The maximum Gasteiger partial charge on any atom is 0.407 e. The summed E-state index contributed by atoms with van der Waals surface area (Å²) >= 11 is 0. The van der Waals surface area contributed by atoms with Crippen LogP contribution in [0.1, 0.15) is 55.9 Å². The minimum Gasteiger partial charge on any atom is -0.445 e. The van der Waals surface area contributed by atoms with E-state index in [1.807, 2.05) is 48.5 Å². The van der Waals surface area contributed by atoms with Crippen LogP contribution >= 0.6 is 0 Å². The van der Waals surface area contributed by atoms with E-state index in [1.54, 1.807) is 12.2 Å². The fraction of sp³-hybridized carbons (Fsp3) is 0.379. The van der Waals surface area contributed by atoms with Gasteiger partial charge in [-0.05, 0) is 46.4 Å². The van der Waals surface area contributed by atoms with E-state index in [4.69, 9.17) is 9.47 Å². The van der Waals surface area contributed by atoms with Crippen molar-refractivity contribution in [2.45, 2.75) is 46.8 Å². The fourth-order valence-electron chi connectivity index (χ4n) is 3.75. The minimum atomic E-state index is -0.429. The second-order valence-corrected chi connectivity index (χ2v) is 9.59. The summed E-state index contributed by atoms with van der Waals surface area (Å²) in [6.07, 6.45) is 4.40. The Morgan fingerprint density at radius 1 is 0.857 bits per heavy atom. The molecule has 0 aliphatic heterocycles. The van der Waals surface area contributed by atoms with Crippen LogP contribution in [-0.4, -0.2) is 25.3 Å². The molecule has 2 N–H and O–H groups in total. The van der Waals surface area contributed by atoms with Gasteiger partial charge in [-0.25, -0.2) is 9.59 Å². The molecule has 0 bridgehead atoms. The Balaban J connectivity index is 1.60. The van der Waals surface area contributed by atoms with Crippen LogP contribution in [-0.2, 0) is 22.7 Å². The molecule has 2 rings (SSSR count). The molecule has 0 aliphatic rings. The molecule has 2 aromatic carbocycles. The number of alkyl carbamates (subject to hydrolysis) is 2. The van der Waals surface area contributed by atoms with Crippen molar-refractivity contribution in [2.75, 3.05) is 13.1 Å². The SMILES string of the molecule is C=Cc1ccc(COC(=O)NCCC(C)CC(C)(C)CNC(=O)OCc2ccc(C=C)cc2)cc1. The second kappa shape index (κ2) is 14.0. The Hall–Kier alpha value is -3.54. The first-order chi connectivity index (χ1) is 16.7. The maximum atomic E-state index is 12.1. The van der Waals surface area contributed by atoms with E-state index in [1.165, 1.54) is 0 Å². The number of carbonyl (C=O) groups excluding carboxylic acids is 2. The summed E-state index contributed by atoms with van der Waals surface area (Å²) in [7, 11) is 0. The number of carbonyl (C=O) groups is 2. The van der Waals surface area contributed by atoms with Crippen molar-refractivity contribution in [3.63, 3.8) is 0 Å². The van der Waals surface area contributed by atoms with E-state index in [9.17, 15) is 9.59 Å². The number of hydrogen-bond donors (Lipinski definition) is 2. The second-order valence-electron chi connectivity index (χ2n) is 9.59. The highest BCUT2D eigenvalue weighted by atomic mass is 16.6. The standard InChI is InChI=1S/C29H38N2O4/c1-6-23-8-12-25(13-9-23)19-34-27(32)30-17-16-22(3)18-29(4,5)21-31-28(33)35-20-26-14-10-24(7-2)11-15-26/h6-15,22H,1-2,16-21H2,3-5H3,(H,30,32)(H,31,33). The molecule has 0 saturated heterocycles. The zero-order valence-electron chi connectivity index (χ0n) is 21.1. The first-order valence-electron chi connectivity index (χ1n) is 11.9. The molecule has 6 heteroatoms. The molecule has 0 aliphatic carbocycles. The third-order valence-corrected chi connectivity index (χ3v) is 5.69. The topological polar surface area (TPSA) is 76.7 Å². The Bertz CT molecular complexity index is 965. The number of rotatable bonds is 13. The largest absolute Gasteiger partial charge is 0.445 e. The molecule has 0 heterocycles. The number of benzene rings is 2. The van der Waals surface area contributed by atoms with E-state index in [-0.39, 0.29) is 18.6 Å². The van der Waals surface area contributed by atoms with Gasteiger partial charge in [0.1, 0.15) is 13.2 Å². The van der Waals surface area contributed by atoms with Crippen molar-refractivity contribution in [2.24, 2.45) is 11.3 Å². The third kappa shape index (κ3) is 11.0. The lowest BCUT2D eigenvalue weighted by Gasteiger charge is -2.28. The molecule has 0 radical (unpaired) electrons. The Morgan fingerprint density at radius 2 is 1.31 bits per heavy atom. The van der Waals surface area contributed by atoms with Crippen molar-refractivity contribution in [1.82, 2.24) is 10.6 Å². The van der Waals surface area contributed by atoms with Crippen LogP contribution in [0, 0.1) is 11.3 Å². The predicted molar refractivity (Wildman–Crippen MR) is 142 cm³/mol. The number of hydrogen-bond acceptors (Lipinski definition) is 4. The van der Waals surface area contributed by atoms with Gasteiger partial charge in [0.15, 0.2) is 0 Å². The van der Waals surface area contributed by atoms with Crippen LogP contribution in [0.15, 0.2) is 61.7 Å². The molecule has 0 spiro atoms. The van der Waals surface area contributed by atoms with Gasteiger partial charge in [0.05, 0.1) is 0 Å². The Morgan fingerprint density at radius 3 is 1.77 bits per heavy atom. The summed E-state index contributed by atoms with van der Waals surface area (Å²) in [5, 5.41) is 5.67. The lowest BCUT2D eigenvalue weighted by Crippen LogP contribution is -2.35. The van der Waals surface area contributed by atoms with Gasteiger partial charge in [-0.15, -0.1) is 0 Å². The van der Waals surface area contributed by atoms with Crippen LogP contribution in [0.3, 0.4) is 0 Å². The van der Waals surface area contributed by atoms with E-state index in [0.29, 0.717) is 19.0 Å². The van der Waals surface area contributed by atoms with E-state index < -0.39 is 12.2 Å². The maximum absolute atomic E-state index is 12.1. The average Bonchev–Trinajstić information content (AvgIpc) is 2.85. The Labute approximate surface area is 209 Å². The van der Waals surface area contributed by atoms with Crippen molar-refractivity contribution in [1.29, 1.82) is 0 Å². The smallest absolute Gasteiger partial charge is 0.407 e. The Kier molecular flexibility index (Phi) is 11.1. The molecule has 35 heavy (non-hydrogen) atoms. The lowest BCUT2D eigenvalue weighted by atomic mass is 9.82. The van der Waals surface area contributed by atoms with Gasteiger partial charge < -0.3 is 20.1 Å². The normalized spacial score (nSPS) is 11.7. The lowest BCUT2D eigenvalue weighted by molar-refractivity contribution is 0.131. The van der Waals surface area contributed by atoms with Gasteiger partial charge in [0.2, 0.25) is 0 Å². The molecule has 1 atom stereocenters. The monoisotopic (exact) mass is 478 g/mol. The van der Waals surface area contributed by atoms with Gasteiger partial charge >= 0.3 is 12.2 Å². The van der Waals surface area contributed by atoms with Crippen molar-refractivity contribution >= 4 is 24.3 Å². The molecular formula is C29H38N2O4. The summed E-state index contributed by atoms with van der Waals surface area (Å²) in [6, 6.07) is 15.4. The predicted octanol–water partition coefficient (Wildman–Crippen LogP) is 6.57. The first kappa shape index (κ1) is 27.7. The summed E-state index contributed by atoms with van der Waals surface area (Å²) in [6.45, 7) is 15.3. The summed E-state index contributed by atoms with van der Waals surface area (Å²) in [5.74, 6) is 0.359. The van der Waals surface area contributed by atoms with Crippen LogP contribution in [0.25, 0.3) is 12.2 Å². The summed E-state index contributed by atoms with van der Waals surface area (Å²) < 4.78 is 10.6. The van der Waals surface area contributed by atoms with Crippen LogP contribution in [0.2, 0.25) is 0 Å². The van der Waals surface area contributed by atoms with Crippen LogP contribution < -0.4 is 10.6 Å². The molecule has 0 aromatic heterocycles. The number of nitrogens with one attached hydrogen (secondary N) is 2. The quantitative estimate of drug-likeness (QED) is 0.341. The van der Waals surface area contributed by atoms with Crippen LogP contribution in [0.5, 0.6) is 0 Å². The van der Waals surface area contributed by atoms with E-state index in [2.05, 4.69) is 44.6 Å². The molecule has 2 amide bonds. The van der Waals surface area contributed by atoms with E-state index >= 15 is 0 Å². The first-order valence-corrected chi connectivity index (χ1v) is 11.9. The molecule has 6 nitrogen and oxygen atoms in total. The van der Waals surface area contributed by atoms with Gasteiger partial charge in [0.25, 0.3) is 0 Å². The van der Waals surface area contributed by atoms with Gasteiger partial charge in [-0.1, -0.05) is 94.6 Å². The van der Waals surface area contributed by atoms with Crippen molar-refractivity contribution in [3.05, 3.63) is 83.9 Å². The van der Waals surface area contributed by atoms with Gasteiger partial charge in [0, 0.05) is 13.1 Å². The summed E-state index contributed by atoms with van der Waals surface area (Å²) in [5.41, 5.74) is 3.79.